The highest BCUT2D eigenvalue weighted by Crippen LogP contribution is 2.20. The number of nitrogens with one attached hydrogen (secondary N) is 1. The average molecular weight is 268 g/mol. The van der Waals surface area contributed by atoms with Crippen molar-refractivity contribution in [2.45, 2.75) is 26.3 Å². The van der Waals surface area contributed by atoms with Gasteiger partial charge in [-0.05, 0) is 45.0 Å². The van der Waals surface area contributed by atoms with Crippen LogP contribution >= 0.6 is 0 Å². The van der Waals surface area contributed by atoms with Crippen molar-refractivity contribution < 1.29 is 8.78 Å². The van der Waals surface area contributed by atoms with Gasteiger partial charge in [-0.3, -0.25) is 0 Å². The van der Waals surface area contributed by atoms with Gasteiger partial charge in [0.15, 0.2) is 0 Å². The Morgan fingerprint density at radius 2 is 2.21 bits per heavy atom. The fourth-order valence-electron chi connectivity index (χ4n) is 2.67. The van der Waals surface area contributed by atoms with Crippen LogP contribution in [0.4, 0.5) is 8.78 Å². The molecule has 1 aromatic rings. The molecule has 2 atom stereocenters. The third-order valence-electron chi connectivity index (χ3n) is 3.96. The topological polar surface area (TPSA) is 15.3 Å². The van der Waals surface area contributed by atoms with Crippen LogP contribution in [0.15, 0.2) is 18.2 Å². The first kappa shape index (κ1) is 14.4. The van der Waals surface area contributed by atoms with E-state index < -0.39 is 11.6 Å². The zero-order valence-corrected chi connectivity index (χ0v) is 11.6. The standard InChI is InChI=1S/C15H22F2N2/c1-3-19-7-6-12(10-19)9-18-11(2)14-5-4-13(16)8-15(14)17/h4-5,8,11-12,18H,3,6-7,9-10H2,1-2H3. The summed E-state index contributed by atoms with van der Waals surface area (Å²) in [6, 6.07) is 3.69. The minimum Gasteiger partial charge on any atom is -0.310 e. The molecule has 0 amide bonds. The Balaban J connectivity index is 1.86. The summed E-state index contributed by atoms with van der Waals surface area (Å²) in [5, 5.41) is 3.36. The second kappa shape index (κ2) is 6.44. The van der Waals surface area contributed by atoms with Crippen molar-refractivity contribution in [3.05, 3.63) is 35.4 Å². The molecule has 1 aliphatic heterocycles. The minimum atomic E-state index is -0.525. The van der Waals surface area contributed by atoms with Gasteiger partial charge in [0, 0.05) is 24.2 Å². The monoisotopic (exact) mass is 268 g/mol. The van der Waals surface area contributed by atoms with Gasteiger partial charge in [-0.2, -0.15) is 0 Å². The highest BCUT2D eigenvalue weighted by atomic mass is 19.1. The SMILES string of the molecule is CCN1CCC(CNC(C)c2ccc(F)cc2F)C1. The Morgan fingerprint density at radius 1 is 1.42 bits per heavy atom. The number of benzene rings is 1. The van der Waals surface area contributed by atoms with Crippen molar-refractivity contribution >= 4 is 0 Å². The minimum absolute atomic E-state index is 0.0868. The molecule has 1 aliphatic rings. The van der Waals surface area contributed by atoms with Crippen LogP contribution in [0.5, 0.6) is 0 Å². The third kappa shape index (κ3) is 3.74. The normalized spacial score (nSPS) is 21.8. The molecule has 2 unspecified atom stereocenters. The van der Waals surface area contributed by atoms with Crippen LogP contribution in [0.3, 0.4) is 0 Å². The molecular formula is C15H22F2N2. The molecule has 0 aliphatic carbocycles. The fraction of sp³-hybridized carbons (Fsp3) is 0.600. The summed E-state index contributed by atoms with van der Waals surface area (Å²) >= 11 is 0. The van der Waals surface area contributed by atoms with E-state index in [0.717, 1.165) is 32.2 Å². The zero-order chi connectivity index (χ0) is 13.8. The van der Waals surface area contributed by atoms with Gasteiger partial charge in [0.25, 0.3) is 0 Å². The zero-order valence-electron chi connectivity index (χ0n) is 11.6. The Bertz CT molecular complexity index is 423. The van der Waals surface area contributed by atoms with Gasteiger partial charge in [-0.15, -0.1) is 0 Å². The molecule has 0 radical (unpaired) electrons. The van der Waals surface area contributed by atoms with Crippen molar-refractivity contribution in [1.82, 2.24) is 10.2 Å². The van der Waals surface area contributed by atoms with Crippen molar-refractivity contribution in [2.75, 3.05) is 26.2 Å². The van der Waals surface area contributed by atoms with Crippen molar-refractivity contribution in [1.29, 1.82) is 0 Å². The highest BCUT2D eigenvalue weighted by Gasteiger charge is 2.21. The molecule has 2 nitrogen and oxygen atoms in total. The molecule has 1 fully saturated rings. The van der Waals surface area contributed by atoms with E-state index in [9.17, 15) is 8.78 Å². The second-order valence-corrected chi connectivity index (χ2v) is 5.34. The maximum atomic E-state index is 13.6. The molecule has 4 heteroatoms. The summed E-state index contributed by atoms with van der Waals surface area (Å²) in [5.41, 5.74) is 0.534. The molecule has 1 saturated heterocycles. The molecule has 2 rings (SSSR count). The largest absolute Gasteiger partial charge is 0.310 e. The molecule has 0 aromatic heterocycles. The van der Waals surface area contributed by atoms with Crippen LogP contribution in [-0.4, -0.2) is 31.1 Å². The second-order valence-electron chi connectivity index (χ2n) is 5.34. The van der Waals surface area contributed by atoms with Crippen LogP contribution in [0.1, 0.15) is 31.9 Å². The van der Waals surface area contributed by atoms with Crippen LogP contribution in [0.2, 0.25) is 0 Å². The van der Waals surface area contributed by atoms with Gasteiger partial charge in [0.2, 0.25) is 0 Å². The Labute approximate surface area is 113 Å². The first-order valence-electron chi connectivity index (χ1n) is 7.00. The number of likely N-dealkylation sites (tertiary alicyclic amines) is 1. The molecular weight excluding hydrogens is 246 g/mol. The predicted octanol–water partition coefficient (Wildman–Crippen LogP) is 2.96. The van der Waals surface area contributed by atoms with E-state index in [0.29, 0.717) is 11.5 Å². The van der Waals surface area contributed by atoms with Crippen LogP contribution in [0, 0.1) is 17.6 Å². The molecule has 0 spiro atoms. The van der Waals surface area contributed by atoms with Crippen molar-refractivity contribution in [3.8, 4) is 0 Å². The van der Waals surface area contributed by atoms with E-state index in [1.807, 2.05) is 6.92 Å². The Kier molecular flexibility index (Phi) is 4.88. The lowest BCUT2D eigenvalue weighted by Crippen LogP contribution is -2.28. The highest BCUT2D eigenvalue weighted by molar-refractivity contribution is 5.21. The quantitative estimate of drug-likeness (QED) is 0.883. The smallest absolute Gasteiger partial charge is 0.130 e. The molecule has 0 saturated carbocycles. The molecule has 19 heavy (non-hydrogen) atoms. The van der Waals surface area contributed by atoms with E-state index in [1.54, 1.807) is 0 Å². The summed E-state index contributed by atoms with van der Waals surface area (Å²) in [5.74, 6) is -0.365. The van der Waals surface area contributed by atoms with E-state index >= 15 is 0 Å². The molecule has 1 N–H and O–H groups in total. The molecule has 106 valence electrons. The first-order chi connectivity index (χ1) is 9.10. The third-order valence-corrected chi connectivity index (χ3v) is 3.96. The van der Waals surface area contributed by atoms with Gasteiger partial charge in [0.05, 0.1) is 0 Å². The number of rotatable bonds is 5. The Hall–Kier alpha value is -1.00. The lowest BCUT2D eigenvalue weighted by atomic mass is 10.1. The molecule has 1 heterocycles. The summed E-state index contributed by atoms with van der Waals surface area (Å²) in [4.78, 5) is 2.43. The van der Waals surface area contributed by atoms with Gasteiger partial charge >= 0.3 is 0 Å². The maximum Gasteiger partial charge on any atom is 0.130 e. The number of halogens is 2. The summed E-state index contributed by atoms with van der Waals surface area (Å²) < 4.78 is 26.5. The van der Waals surface area contributed by atoms with E-state index in [2.05, 4.69) is 17.1 Å². The Morgan fingerprint density at radius 3 is 2.84 bits per heavy atom. The van der Waals surface area contributed by atoms with Crippen LogP contribution < -0.4 is 5.32 Å². The van der Waals surface area contributed by atoms with Gasteiger partial charge < -0.3 is 10.2 Å². The average Bonchev–Trinajstić information content (AvgIpc) is 2.84. The predicted molar refractivity (Wildman–Crippen MR) is 73.0 cm³/mol. The maximum absolute atomic E-state index is 13.6. The van der Waals surface area contributed by atoms with Gasteiger partial charge in [0.1, 0.15) is 11.6 Å². The van der Waals surface area contributed by atoms with E-state index in [4.69, 9.17) is 0 Å². The fourth-order valence-corrected chi connectivity index (χ4v) is 2.67. The van der Waals surface area contributed by atoms with Gasteiger partial charge in [-0.25, -0.2) is 8.78 Å². The van der Waals surface area contributed by atoms with E-state index in [1.165, 1.54) is 18.6 Å². The van der Waals surface area contributed by atoms with Crippen LogP contribution in [-0.2, 0) is 0 Å². The van der Waals surface area contributed by atoms with Crippen molar-refractivity contribution in [3.63, 3.8) is 0 Å². The van der Waals surface area contributed by atoms with Crippen molar-refractivity contribution in [2.24, 2.45) is 5.92 Å². The van der Waals surface area contributed by atoms with Gasteiger partial charge in [-0.1, -0.05) is 13.0 Å². The molecule has 1 aromatic carbocycles. The number of nitrogens with zero attached hydrogens (tertiary/aromatic N) is 1. The summed E-state index contributed by atoms with van der Waals surface area (Å²) in [6.07, 6.45) is 1.19. The number of hydrogen-bond donors (Lipinski definition) is 1. The van der Waals surface area contributed by atoms with E-state index in [-0.39, 0.29) is 6.04 Å². The first-order valence-corrected chi connectivity index (χ1v) is 7.00. The lowest BCUT2D eigenvalue weighted by Gasteiger charge is -2.18. The molecule has 0 bridgehead atoms. The number of hydrogen-bond acceptors (Lipinski definition) is 2. The summed E-state index contributed by atoms with van der Waals surface area (Å²) in [6.45, 7) is 8.34. The summed E-state index contributed by atoms with van der Waals surface area (Å²) in [7, 11) is 0. The lowest BCUT2D eigenvalue weighted by molar-refractivity contribution is 0.335. The van der Waals surface area contributed by atoms with Crippen LogP contribution in [0.25, 0.3) is 0 Å².